The van der Waals surface area contributed by atoms with Crippen LogP contribution in [0.3, 0.4) is 0 Å². The maximum Gasteiger partial charge on any atom is 0.238 e. The van der Waals surface area contributed by atoms with Crippen molar-refractivity contribution < 1.29 is 9.59 Å². The van der Waals surface area contributed by atoms with Crippen LogP contribution in [0.2, 0.25) is 10.0 Å². The number of carbonyl (C=O) groups is 2. The van der Waals surface area contributed by atoms with Gasteiger partial charge in [-0.2, -0.15) is 0 Å². The lowest BCUT2D eigenvalue weighted by Crippen LogP contribution is -2.35. The number of benzene rings is 2. The first-order valence-electron chi connectivity index (χ1n) is 7.75. The zero-order chi connectivity index (χ0) is 18.0. The summed E-state index contributed by atoms with van der Waals surface area (Å²) >= 11 is 13.5. The minimum Gasteiger partial charge on any atom is -0.349 e. The molecule has 0 saturated carbocycles. The molecule has 0 unspecified atom stereocenters. The van der Waals surface area contributed by atoms with Crippen LogP contribution in [0.1, 0.15) is 24.9 Å². The van der Waals surface area contributed by atoms with Gasteiger partial charge in [0.25, 0.3) is 0 Å². The summed E-state index contributed by atoms with van der Waals surface area (Å²) in [5.74, 6) is -0.360. The Hall–Kier alpha value is -1.69. The number of fused-ring (bicyclic) bond motifs is 1. The van der Waals surface area contributed by atoms with Crippen molar-refractivity contribution in [1.29, 1.82) is 0 Å². The third-order valence-corrected chi connectivity index (χ3v) is 5.72. The number of anilines is 1. The molecular formula is C18H16Cl2N2O2S. The van der Waals surface area contributed by atoms with E-state index in [1.807, 2.05) is 31.2 Å². The molecule has 0 aromatic heterocycles. The van der Waals surface area contributed by atoms with Crippen LogP contribution in [0.5, 0.6) is 0 Å². The third-order valence-electron chi connectivity index (χ3n) is 3.88. The first-order chi connectivity index (χ1) is 11.9. The largest absolute Gasteiger partial charge is 0.349 e. The van der Waals surface area contributed by atoms with E-state index in [2.05, 4.69) is 10.6 Å². The molecule has 0 fully saturated rings. The third kappa shape index (κ3) is 4.29. The van der Waals surface area contributed by atoms with Gasteiger partial charge in [0, 0.05) is 21.4 Å². The van der Waals surface area contributed by atoms with E-state index < -0.39 is 5.25 Å². The van der Waals surface area contributed by atoms with Gasteiger partial charge in [-0.3, -0.25) is 9.59 Å². The summed E-state index contributed by atoms with van der Waals surface area (Å²) in [7, 11) is 0. The number of thioether (sulfide) groups is 1. The van der Waals surface area contributed by atoms with Crippen LogP contribution in [-0.2, 0) is 9.59 Å². The highest BCUT2D eigenvalue weighted by Gasteiger charge is 2.29. The number of carbonyl (C=O) groups excluding carboxylic acids is 2. The van der Waals surface area contributed by atoms with E-state index in [0.29, 0.717) is 10.0 Å². The maximum absolute atomic E-state index is 12.4. The molecule has 4 nitrogen and oxygen atoms in total. The van der Waals surface area contributed by atoms with Gasteiger partial charge in [-0.1, -0.05) is 41.4 Å². The summed E-state index contributed by atoms with van der Waals surface area (Å²) in [4.78, 5) is 25.5. The molecule has 7 heteroatoms. The molecule has 0 bridgehead atoms. The van der Waals surface area contributed by atoms with Gasteiger partial charge in [-0.25, -0.2) is 0 Å². The molecule has 2 N–H and O–H groups in total. The van der Waals surface area contributed by atoms with Crippen LogP contribution in [0, 0.1) is 0 Å². The molecular weight excluding hydrogens is 379 g/mol. The van der Waals surface area contributed by atoms with Crippen molar-refractivity contribution in [3.63, 3.8) is 0 Å². The van der Waals surface area contributed by atoms with Crippen molar-refractivity contribution in [2.24, 2.45) is 0 Å². The van der Waals surface area contributed by atoms with Gasteiger partial charge in [0.05, 0.1) is 17.0 Å². The highest BCUT2D eigenvalue weighted by molar-refractivity contribution is 8.01. The SMILES string of the molecule is C[C@H](NC(=O)C[C@@H]1Sc2ccccc2NC1=O)c1ccc(Cl)cc1Cl. The summed E-state index contributed by atoms with van der Waals surface area (Å²) in [6.45, 7) is 1.84. The van der Waals surface area contributed by atoms with Gasteiger partial charge in [-0.05, 0) is 36.8 Å². The van der Waals surface area contributed by atoms with Crippen LogP contribution in [0.4, 0.5) is 5.69 Å². The zero-order valence-electron chi connectivity index (χ0n) is 13.4. The number of halogens is 2. The van der Waals surface area contributed by atoms with E-state index >= 15 is 0 Å². The number of para-hydroxylation sites is 1. The fraction of sp³-hybridized carbons (Fsp3) is 0.222. The van der Waals surface area contributed by atoms with Gasteiger partial charge >= 0.3 is 0 Å². The topological polar surface area (TPSA) is 58.2 Å². The second-order valence-corrected chi connectivity index (χ2v) is 7.84. The molecule has 130 valence electrons. The Balaban J connectivity index is 1.63. The van der Waals surface area contributed by atoms with E-state index in [0.717, 1.165) is 16.1 Å². The summed E-state index contributed by atoms with van der Waals surface area (Å²) in [6.07, 6.45) is 0.0976. The molecule has 1 heterocycles. The average Bonchev–Trinajstić information content (AvgIpc) is 2.55. The quantitative estimate of drug-likeness (QED) is 0.791. The van der Waals surface area contributed by atoms with E-state index in [4.69, 9.17) is 23.2 Å². The highest BCUT2D eigenvalue weighted by Crippen LogP contribution is 2.36. The summed E-state index contributed by atoms with van der Waals surface area (Å²) < 4.78 is 0. The molecule has 0 radical (unpaired) electrons. The standard InChI is InChI=1S/C18H16Cl2N2O2S/c1-10(12-7-6-11(19)8-13(12)20)21-17(23)9-16-18(24)22-14-4-2-3-5-15(14)25-16/h2-8,10,16H,9H2,1H3,(H,21,23)(H,22,24)/t10-,16-/m0/s1. The second-order valence-electron chi connectivity index (χ2n) is 5.75. The molecule has 0 spiro atoms. The average molecular weight is 395 g/mol. The smallest absolute Gasteiger partial charge is 0.238 e. The molecule has 1 aliphatic rings. The van der Waals surface area contributed by atoms with E-state index in [9.17, 15) is 9.59 Å². The zero-order valence-corrected chi connectivity index (χ0v) is 15.7. The predicted octanol–water partition coefficient (Wildman–Crippen LogP) is 4.67. The Morgan fingerprint density at radius 2 is 2.04 bits per heavy atom. The monoisotopic (exact) mass is 394 g/mol. The Morgan fingerprint density at radius 3 is 2.80 bits per heavy atom. The Labute approximate surface area is 160 Å². The predicted molar refractivity (Wildman–Crippen MR) is 102 cm³/mol. The summed E-state index contributed by atoms with van der Waals surface area (Å²) in [5, 5.41) is 6.31. The second kappa shape index (κ2) is 7.68. The minimum absolute atomic E-state index is 0.0976. The van der Waals surface area contributed by atoms with Crippen molar-refractivity contribution >= 4 is 52.5 Å². The van der Waals surface area contributed by atoms with Crippen LogP contribution in [0.15, 0.2) is 47.4 Å². The van der Waals surface area contributed by atoms with Crippen molar-refractivity contribution in [3.8, 4) is 0 Å². The number of hydrogen-bond acceptors (Lipinski definition) is 3. The van der Waals surface area contributed by atoms with Crippen LogP contribution >= 0.6 is 35.0 Å². The molecule has 25 heavy (non-hydrogen) atoms. The minimum atomic E-state index is -0.456. The molecule has 1 aliphatic heterocycles. The lowest BCUT2D eigenvalue weighted by Gasteiger charge is -2.24. The van der Waals surface area contributed by atoms with Crippen LogP contribution in [0.25, 0.3) is 0 Å². The molecule has 2 amide bonds. The molecule has 2 atom stereocenters. The molecule has 3 rings (SSSR count). The van der Waals surface area contributed by atoms with Gasteiger partial charge in [0.2, 0.25) is 11.8 Å². The van der Waals surface area contributed by atoms with Crippen molar-refractivity contribution in [3.05, 3.63) is 58.1 Å². The van der Waals surface area contributed by atoms with Crippen LogP contribution in [-0.4, -0.2) is 17.1 Å². The molecule has 0 saturated heterocycles. The number of rotatable bonds is 4. The Bertz CT molecular complexity index is 828. The van der Waals surface area contributed by atoms with Crippen LogP contribution < -0.4 is 10.6 Å². The number of hydrogen-bond donors (Lipinski definition) is 2. The number of nitrogens with one attached hydrogen (secondary N) is 2. The summed E-state index contributed by atoms with van der Waals surface area (Å²) in [5.41, 5.74) is 1.57. The normalized spacial score (nSPS) is 17.4. The lowest BCUT2D eigenvalue weighted by atomic mass is 10.1. The van der Waals surface area contributed by atoms with Gasteiger partial charge in [0.15, 0.2) is 0 Å². The molecule has 0 aliphatic carbocycles. The number of amides is 2. The lowest BCUT2D eigenvalue weighted by molar-refractivity contribution is -0.124. The Morgan fingerprint density at radius 1 is 1.28 bits per heavy atom. The van der Waals surface area contributed by atoms with Crippen molar-refractivity contribution in [2.75, 3.05) is 5.32 Å². The fourth-order valence-electron chi connectivity index (χ4n) is 2.63. The molecule has 2 aromatic rings. The van der Waals surface area contributed by atoms with Crippen molar-refractivity contribution in [1.82, 2.24) is 5.32 Å². The van der Waals surface area contributed by atoms with Gasteiger partial charge in [-0.15, -0.1) is 11.8 Å². The van der Waals surface area contributed by atoms with Crippen molar-refractivity contribution in [2.45, 2.75) is 29.5 Å². The first kappa shape index (κ1) is 18.1. The van der Waals surface area contributed by atoms with E-state index in [1.165, 1.54) is 11.8 Å². The summed E-state index contributed by atoms with van der Waals surface area (Å²) in [6, 6.07) is 12.4. The molecule has 2 aromatic carbocycles. The first-order valence-corrected chi connectivity index (χ1v) is 9.38. The fourth-order valence-corrected chi connectivity index (χ4v) is 4.31. The Kier molecular flexibility index (Phi) is 5.57. The van der Waals surface area contributed by atoms with E-state index in [-0.39, 0.29) is 24.3 Å². The maximum atomic E-state index is 12.4. The highest BCUT2D eigenvalue weighted by atomic mass is 35.5. The van der Waals surface area contributed by atoms with Gasteiger partial charge in [0.1, 0.15) is 0 Å². The van der Waals surface area contributed by atoms with Gasteiger partial charge < -0.3 is 10.6 Å². The van der Waals surface area contributed by atoms with E-state index in [1.54, 1.807) is 18.2 Å².